The minimum absolute atomic E-state index is 0.114. The van der Waals surface area contributed by atoms with Crippen molar-refractivity contribution in [3.8, 4) is 0 Å². The van der Waals surface area contributed by atoms with Crippen LogP contribution >= 0.6 is 35.0 Å². The summed E-state index contributed by atoms with van der Waals surface area (Å²) in [6.07, 6.45) is 5.13. The zero-order valence-corrected chi connectivity index (χ0v) is 14.8. The van der Waals surface area contributed by atoms with Crippen molar-refractivity contribution in [3.05, 3.63) is 33.8 Å². The van der Waals surface area contributed by atoms with Crippen LogP contribution in [0, 0.1) is 0 Å². The topological polar surface area (TPSA) is 46.2 Å². The van der Waals surface area contributed by atoms with Crippen LogP contribution in [0.1, 0.15) is 31.2 Å². The maximum Gasteiger partial charge on any atom is 0.215 e. The Hall–Kier alpha value is 0.0600. The lowest BCUT2D eigenvalue weighted by Crippen LogP contribution is -2.27. The van der Waals surface area contributed by atoms with Gasteiger partial charge in [0, 0.05) is 27.6 Å². The average Bonchev–Trinajstić information content (AvgIpc) is 2.91. The summed E-state index contributed by atoms with van der Waals surface area (Å²) < 4.78 is 26.7. The quantitative estimate of drug-likeness (QED) is 0.738. The van der Waals surface area contributed by atoms with Crippen molar-refractivity contribution in [3.63, 3.8) is 0 Å². The van der Waals surface area contributed by atoms with Gasteiger partial charge in [0.25, 0.3) is 0 Å². The molecule has 21 heavy (non-hydrogen) atoms. The first-order valence-corrected chi connectivity index (χ1v) is 10.4. The van der Waals surface area contributed by atoms with E-state index < -0.39 is 10.0 Å². The third kappa shape index (κ3) is 5.99. The van der Waals surface area contributed by atoms with Gasteiger partial charge >= 0.3 is 0 Å². The molecule has 2 rings (SSSR count). The first-order valence-electron chi connectivity index (χ1n) is 6.99. The van der Waals surface area contributed by atoms with Gasteiger partial charge in [-0.05, 0) is 30.5 Å². The molecule has 0 radical (unpaired) electrons. The van der Waals surface area contributed by atoms with E-state index in [2.05, 4.69) is 4.72 Å². The Balaban J connectivity index is 1.78. The molecular weight excluding hydrogens is 349 g/mol. The Bertz CT molecular complexity index is 572. The SMILES string of the molecule is O=S(=O)(Cc1ccc(Cl)cc1Cl)NCCSC1CCCC1. The van der Waals surface area contributed by atoms with Gasteiger partial charge in [-0.15, -0.1) is 0 Å². The second-order valence-electron chi connectivity index (χ2n) is 5.17. The molecule has 3 nitrogen and oxygen atoms in total. The van der Waals surface area contributed by atoms with Gasteiger partial charge in [0.05, 0.1) is 5.75 Å². The molecule has 118 valence electrons. The third-order valence-electron chi connectivity index (χ3n) is 3.44. The lowest BCUT2D eigenvalue weighted by molar-refractivity contribution is 0.583. The monoisotopic (exact) mass is 367 g/mol. The van der Waals surface area contributed by atoms with Crippen molar-refractivity contribution in [2.75, 3.05) is 12.3 Å². The number of hydrogen-bond donors (Lipinski definition) is 1. The fourth-order valence-electron chi connectivity index (χ4n) is 2.37. The van der Waals surface area contributed by atoms with E-state index in [-0.39, 0.29) is 5.75 Å². The molecule has 1 aromatic rings. The Labute approximate surface area is 140 Å². The summed E-state index contributed by atoms with van der Waals surface area (Å²) in [4.78, 5) is 0. The highest BCUT2D eigenvalue weighted by Gasteiger charge is 2.16. The number of sulfonamides is 1. The second-order valence-corrected chi connectivity index (χ2v) is 9.23. The van der Waals surface area contributed by atoms with Crippen LogP contribution in [0.25, 0.3) is 0 Å². The van der Waals surface area contributed by atoms with Crippen molar-refractivity contribution in [2.24, 2.45) is 0 Å². The van der Waals surface area contributed by atoms with Gasteiger partial charge < -0.3 is 0 Å². The molecule has 1 N–H and O–H groups in total. The zero-order valence-electron chi connectivity index (χ0n) is 11.6. The van der Waals surface area contributed by atoms with E-state index in [1.807, 2.05) is 11.8 Å². The van der Waals surface area contributed by atoms with Gasteiger partial charge in [-0.3, -0.25) is 0 Å². The normalized spacial score (nSPS) is 16.5. The van der Waals surface area contributed by atoms with Crippen molar-refractivity contribution < 1.29 is 8.42 Å². The highest BCUT2D eigenvalue weighted by atomic mass is 35.5. The molecule has 0 amide bonds. The predicted octanol–water partition coefficient (Wildman–Crippen LogP) is 4.09. The summed E-state index contributed by atoms with van der Waals surface area (Å²) in [5, 5.41) is 1.59. The van der Waals surface area contributed by atoms with Crippen molar-refractivity contribution in [1.82, 2.24) is 4.72 Å². The maximum atomic E-state index is 12.0. The molecule has 1 aliphatic carbocycles. The Morgan fingerprint density at radius 1 is 1.24 bits per heavy atom. The largest absolute Gasteiger partial charge is 0.215 e. The first kappa shape index (κ1) is 17.4. The van der Waals surface area contributed by atoms with E-state index >= 15 is 0 Å². The molecule has 0 spiro atoms. The molecular formula is C14H19Cl2NO2S2. The van der Waals surface area contributed by atoms with Crippen molar-refractivity contribution >= 4 is 45.0 Å². The van der Waals surface area contributed by atoms with E-state index in [0.717, 1.165) is 5.75 Å². The summed E-state index contributed by atoms with van der Waals surface area (Å²) in [5.41, 5.74) is 0.567. The van der Waals surface area contributed by atoms with Crippen molar-refractivity contribution in [2.45, 2.75) is 36.7 Å². The number of nitrogens with one attached hydrogen (secondary N) is 1. The highest BCUT2D eigenvalue weighted by molar-refractivity contribution is 8.00. The smallest absolute Gasteiger partial charge is 0.214 e. The predicted molar refractivity (Wildman–Crippen MR) is 91.8 cm³/mol. The van der Waals surface area contributed by atoms with E-state index in [4.69, 9.17) is 23.2 Å². The summed E-state index contributed by atoms with van der Waals surface area (Å²) in [6.45, 7) is 0.467. The molecule has 7 heteroatoms. The number of benzene rings is 1. The van der Waals surface area contributed by atoms with E-state index in [9.17, 15) is 8.42 Å². The summed E-state index contributed by atoms with van der Waals surface area (Å²) in [7, 11) is -3.36. The average molecular weight is 368 g/mol. The number of hydrogen-bond acceptors (Lipinski definition) is 3. The second kappa shape index (κ2) is 8.06. The van der Waals surface area contributed by atoms with Gasteiger partial charge in [0.15, 0.2) is 0 Å². The molecule has 1 aromatic carbocycles. The molecule has 0 aromatic heterocycles. The molecule has 1 aliphatic rings. The fourth-order valence-corrected chi connectivity index (χ4v) is 5.45. The minimum Gasteiger partial charge on any atom is -0.214 e. The van der Waals surface area contributed by atoms with Crippen LogP contribution < -0.4 is 4.72 Å². The van der Waals surface area contributed by atoms with Crippen LogP contribution in [-0.4, -0.2) is 26.0 Å². The van der Waals surface area contributed by atoms with Crippen LogP contribution in [0.3, 0.4) is 0 Å². The number of thioether (sulfide) groups is 1. The lowest BCUT2D eigenvalue weighted by Gasteiger charge is -2.10. The molecule has 0 unspecified atom stereocenters. The number of halogens is 2. The Morgan fingerprint density at radius 3 is 2.62 bits per heavy atom. The van der Waals surface area contributed by atoms with Gasteiger partial charge in [-0.25, -0.2) is 13.1 Å². The first-order chi connectivity index (χ1) is 9.96. The molecule has 1 fully saturated rings. The van der Waals surface area contributed by atoms with Crippen molar-refractivity contribution in [1.29, 1.82) is 0 Å². The summed E-state index contributed by atoms with van der Waals surface area (Å²) in [6, 6.07) is 4.86. The molecule has 0 aliphatic heterocycles. The van der Waals surface area contributed by atoms with Gasteiger partial charge in [-0.1, -0.05) is 42.1 Å². The Kier molecular flexibility index (Phi) is 6.69. The highest BCUT2D eigenvalue weighted by Crippen LogP contribution is 2.29. The zero-order chi connectivity index (χ0) is 15.3. The number of rotatable bonds is 7. The maximum absolute atomic E-state index is 12.0. The van der Waals surface area contributed by atoms with Crippen LogP contribution in [0.4, 0.5) is 0 Å². The van der Waals surface area contributed by atoms with Gasteiger partial charge in [-0.2, -0.15) is 11.8 Å². The van der Waals surface area contributed by atoms with E-state index in [1.165, 1.54) is 25.7 Å². The minimum atomic E-state index is -3.36. The third-order valence-corrected chi connectivity index (χ3v) is 6.75. The lowest BCUT2D eigenvalue weighted by atomic mass is 10.2. The van der Waals surface area contributed by atoms with Crippen LogP contribution in [-0.2, 0) is 15.8 Å². The van der Waals surface area contributed by atoms with Gasteiger partial charge in [0.2, 0.25) is 10.0 Å². The molecule has 1 saturated carbocycles. The van der Waals surface area contributed by atoms with Crippen LogP contribution in [0.2, 0.25) is 10.0 Å². The summed E-state index contributed by atoms with van der Waals surface area (Å²) >= 11 is 13.7. The van der Waals surface area contributed by atoms with E-state index in [1.54, 1.807) is 18.2 Å². The molecule has 0 bridgehead atoms. The van der Waals surface area contributed by atoms with Crippen LogP contribution in [0.15, 0.2) is 18.2 Å². The fraction of sp³-hybridized carbons (Fsp3) is 0.571. The van der Waals surface area contributed by atoms with Crippen LogP contribution in [0.5, 0.6) is 0 Å². The molecule has 0 heterocycles. The summed E-state index contributed by atoms with van der Waals surface area (Å²) in [5.74, 6) is 0.704. The van der Waals surface area contributed by atoms with Gasteiger partial charge in [0.1, 0.15) is 0 Å². The Morgan fingerprint density at radius 2 is 1.95 bits per heavy atom. The van der Waals surface area contributed by atoms with E-state index in [0.29, 0.717) is 27.4 Å². The molecule has 0 atom stereocenters. The molecule has 0 saturated heterocycles. The standard InChI is InChI=1S/C14H19Cl2NO2S2/c15-12-6-5-11(14(16)9-12)10-21(18,19)17-7-8-20-13-3-1-2-4-13/h5-6,9,13,17H,1-4,7-8,10H2.